The number of amides is 2. The molecule has 0 aliphatic carbocycles. The molecule has 0 spiro atoms. The second-order valence-corrected chi connectivity index (χ2v) is 6.60. The second-order valence-electron chi connectivity index (χ2n) is 6.60. The van der Waals surface area contributed by atoms with Crippen molar-refractivity contribution in [1.29, 1.82) is 0 Å². The average molecular weight is 301 g/mol. The summed E-state index contributed by atoms with van der Waals surface area (Å²) in [6.45, 7) is 6.84. The van der Waals surface area contributed by atoms with Crippen LogP contribution in [0.1, 0.15) is 20.3 Å². The molecule has 0 saturated carbocycles. The van der Waals surface area contributed by atoms with Crippen LogP contribution in [0.25, 0.3) is 0 Å². The summed E-state index contributed by atoms with van der Waals surface area (Å²) in [7, 11) is 4.00. The molecule has 7 nitrogen and oxygen atoms in total. The molecule has 1 aliphatic heterocycles. The lowest BCUT2D eigenvalue weighted by molar-refractivity contribution is -0.141. The first-order valence-electron chi connectivity index (χ1n) is 7.20. The second kappa shape index (κ2) is 7.61. The van der Waals surface area contributed by atoms with Crippen LogP contribution in [0.3, 0.4) is 0 Å². The normalized spacial score (nSPS) is 19.7. The van der Waals surface area contributed by atoms with Crippen LogP contribution in [0.15, 0.2) is 0 Å². The molecule has 2 amide bonds. The zero-order valence-corrected chi connectivity index (χ0v) is 13.4. The first-order chi connectivity index (χ1) is 9.69. The fourth-order valence-corrected chi connectivity index (χ4v) is 2.56. The molecule has 21 heavy (non-hydrogen) atoms. The molecule has 0 bridgehead atoms. The fourth-order valence-electron chi connectivity index (χ4n) is 2.56. The number of carboxylic acids is 1. The van der Waals surface area contributed by atoms with Gasteiger partial charge in [0.2, 0.25) is 0 Å². The lowest BCUT2D eigenvalue weighted by atomic mass is 9.93. The van der Waals surface area contributed by atoms with Gasteiger partial charge in [-0.05, 0) is 19.5 Å². The predicted octanol–water partition coefficient (Wildman–Crippen LogP) is 0.459. The largest absolute Gasteiger partial charge is 0.481 e. The monoisotopic (exact) mass is 301 g/mol. The summed E-state index contributed by atoms with van der Waals surface area (Å²) in [5, 5.41) is 11.7. The molecule has 7 heteroatoms. The smallest absolute Gasteiger partial charge is 0.317 e. The van der Waals surface area contributed by atoms with E-state index in [-0.39, 0.29) is 17.9 Å². The third-order valence-electron chi connectivity index (χ3n) is 3.29. The Balaban J connectivity index is 2.42. The number of rotatable bonds is 6. The van der Waals surface area contributed by atoms with E-state index in [4.69, 9.17) is 9.84 Å². The van der Waals surface area contributed by atoms with Crippen LogP contribution in [0.5, 0.6) is 0 Å². The number of morpholine rings is 1. The van der Waals surface area contributed by atoms with E-state index >= 15 is 0 Å². The predicted molar refractivity (Wildman–Crippen MR) is 79.3 cm³/mol. The summed E-state index contributed by atoms with van der Waals surface area (Å²) in [4.78, 5) is 26.6. The van der Waals surface area contributed by atoms with Gasteiger partial charge < -0.3 is 25.0 Å². The van der Waals surface area contributed by atoms with Crippen LogP contribution in [0, 0.1) is 5.41 Å². The van der Waals surface area contributed by atoms with E-state index in [1.54, 1.807) is 4.90 Å². The van der Waals surface area contributed by atoms with E-state index in [0.717, 1.165) is 6.54 Å². The van der Waals surface area contributed by atoms with Crippen molar-refractivity contribution in [1.82, 2.24) is 15.1 Å². The van der Waals surface area contributed by atoms with Gasteiger partial charge in [0.25, 0.3) is 0 Å². The number of nitrogens with one attached hydrogen (secondary N) is 1. The molecule has 1 saturated heterocycles. The molecule has 1 atom stereocenters. The maximum atomic E-state index is 12.2. The van der Waals surface area contributed by atoms with Crippen molar-refractivity contribution in [3.8, 4) is 0 Å². The first kappa shape index (κ1) is 17.7. The Bertz CT molecular complexity index is 371. The van der Waals surface area contributed by atoms with E-state index in [9.17, 15) is 9.59 Å². The Morgan fingerprint density at radius 2 is 2.10 bits per heavy atom. The van der Waals surface area contributed by atoms with Gasteiger partial charge in [-0.25, -0.2) is 4.79 Å². The number of hydrogen-bond donors (Lipinski definition) is 2. The highest BCUT2D eigenvalue weighted by Crippen LogP contribution is 2.15. The van der Waals surface area contributed by atoms with Crippen LogP contribution in [-0.4, -0.2) is 79.9 Å². The average Bonchev–Trinajstić information content (AvgIpc) is 2.34. The van der Waals surface area contributed by atoms with Crippen LogP contribution in [0.4, 0.5) is 4.79 Å². The molecule has 0 radical (unpaired) electrons. The van der Waals surface area contributed by atoms with E-state index in [0.29, 0.717) is 26.2 Å². The summed E-state index contributed by atoms with van der Waals surface area (Å²) in [6.07, 6.45) is -0.493. The molecular formula is C14H27N3O4. The number of nitrogens with zero attached hydrogens (tertiary/aromatic N) is 2. The van der Waals surface area contributed by atoms with Crippen molar-refractivity contribution in [2.24, 2.45) is 5.41 Å². The number of aliphatic carboxylic acids is 1. The third kappa shape index (κ3) is 6.77. The molecule has 0 aromatic carbocycles. The molecule has 1 unspecified atom stereocenters. The van der Waals surface area contributed by atoms with Crippen LogP contribution < -0.4 is 5.32 Å². The van der Waals surface area contributed by atoms with Crippen LogP contribution in [-0.2, 0) is 9.53 Å². The zero-order valence-electron chi connectivity index (χ0n) is 13.4. The topological polar surface area (TPSA) is 82.1 Å². The summed E-state index contributed by atoms with van der Waals surface area (Å²) < 4.78 is 5.36. The summed E-state index contributed by atoms with van der Waals surface area (Å²) in [5.74, 6) is -0.908. The lowest BCUT2D eigenvalue weighted by Gasteiger charge is -2.34. The van der Waals surface area contributed by atoms with Crippen LogP contribution >= 0.6 is 0 Å². The van der Waals surface area contributed by atoms with E-state index in [1.807, 2.05) is 14.1 Å². The Morgan fingerprint density at radius 1 is 1.43 bits per heavy atom. The first-order valence-corrected chi connectivity index (χ1v) is 7.20. The van der Waals surface area contributed by atoms with Gasteiger partial charge in [0.15, 0.2) is 0 Å². The van der Waals surface area contributed by atoms with Crippen molar-refractivity contribution in [2.45, 2.75) is 26.4 Å². The Kier molecular flexibility index (Phi) is 6.42. The van der Waals surface area contributed by atoms with Gasteiger partial charge in [0.05, 0.1) is 19.1 Å². The van der Waals surface area contributed by atoms with Gasteiger partial charge in [-0.15, -0.1) is 0 Å². The molecule has 122 valence electrons. The van der Waals surface area contributed by atoms with Crippen molar-refractivity contribution in [3.05, 3.63) is 0 Å². The molecule has 0 aromatic rings. The van der Waals surface area contributed by atoms with Gasteiger partial charge in [-0.2, -0.15) is 0 Å². The van der Waals surface area contributed by atoms with E-state index in [1.165, 1.54) is 0 Å². The number of hydrogen-bond acceptors (Lipinski definition) is 4. The zero-order chi connectivity index (χ0) is 16.0. The van der Waals surface area contributed by atoms with Gasteiger partial charge in [0.1, 0.15) is 0 Å². The van der Waals surface area contributed by atoms with Crippen LogP contribution in [0.2, 0.25) is 0 Å². The summed E-state index contributed by atoms with van der Waals surface area (Å²) in [5.41, 5.74) is -0.0219. The highest BCUT2D eigenvalue weighted by Gasteiger charge is 2.27. The molecule has 0 aromatic heterocycles. The van der Waals surface area contributed by atoms with Gasteiger partial charge in [-0.1, -0.05) is 13.8 Å². The van der Waals surface area contributed by atoms with Gasteiger partial charge in [-0.3, -0.25) is 4.79 Å². The Morgan fingerprint density at radius 3 is 2.67 bits per heavy atom. The molecule has 2 N–H and O–H groups in total. The molecule has 1 heterocycles. The van der Waals surface area contributed by atoms with E-state index < -0.39 is 12.1 Å². The number of ether oxygens (including phenoxy) is 1. The minimum atomic E-state index is -0.908. The SMILES string of the molecule is CN(C)CC(C)(C)CNC(=O)N1CCOC(CC(=O)O)C1. The minimum Gasteiger partial charge on any atom is -0.481 e. The molecule has 1 aliphatic rings. The molecule has 1 rings (SSSR count). The van der Waals surface area contributed by atoms with E-state index in [2.05, 4.69) is 24.1 Å². The minimum absolute atomic E-state index is 0.0219. The molecular weight excluding hydrogens is 274 g/mol. The summed E-state index contributed by atoms with van der Waals surface area (Å²) in [6, 6.07) is -0.152. The quantitative estimate of drug-likeness (QED) is 0.745. The molecule has 1 fully saturated rings. The van der Waals surface area contributed by atoms with Gasteiger partial charge >= 0.3 is 12.0 Å². The maximum absolute atomic E-state index is 12.2. The van der Waals surface area contributed by atoms with Crippen molar-refractivity contribution >= 4 is 12.0 Å². The maximum Gasteiger partial charge on any atom is 0.317 e. The van der Waals surface area contributed by atoms with Crippen molar-refractivity contribution < 1.29 is 19.4 Å². The summed E-state index contributed by atoms with van der Waals surface area (Å²) >= 11 is 0. The number of carbonyl (C=O) groups is 2. The third-order valence-corrected chi connectivity index (χ3v) is 3.29. The number of urea groups is 1. The lowest BCUT2D eigenvalue weighted by Crippen LogP contribution is -2.52. The van der Waals surface area contributed by atoms with Gasteiger partial charge in [0, 0.05) is 26.2 Å². The fraction of sp³-hybridized carbons (Fsp3) is 0.857. The standard InChI is InChI=1S/C14H27N3O4/c1-14(2,10-16(3)4)9-15-13(20)17-5-6-21-11(8-17)7-12(18)19/h11H,5-10H2,1-4H3,(H,15,20)(H,18,19). The Labute approximate surface area is 126 Å². The highest BCUT2D eigenvalue weighted by molar-refractivity contribution is 5.74. The highest BCUT2D eigenvalue weighted by atomic mass is 16.5. The number of carboxylic acid groups (broad SMARTS) is 1. The van der Waals surface area contributed by atoms with Crippen molar-refractivity contribution in [3.63, 3.8) is 0 Å². The Hall–Kier alpha value is -1.34. The van der Waals surface area contributed by atoms with Crippen molar-refractivity contribution in [2.75, 3.05) is 46.9 Å². The number of carbonyl (C=O) groups excluding carboxylic acids is 1.